The van der Waals surface area contributed by atoms with Gasteiger partial charge in [-0.3, -0.25) is 0 Å². The fourth-order valence-corrected chi connectivity index (χ4v) is 0.911. The highest BCUT2D eigenvalue weighted by atomic mass is 16.2. The molecule has 0 unspecified atom stereocenters. The first-order chi connectivity index (χ1) is 4.68. The summed E-state index contributed by atoms with van der Waals surface area (Å²) in [6.07, 6.45) is 3.41. The molecule has 0 amide bonds. The lowest BCUT2D eigenvalue weighted by molar-refractivity contribution is 0.273. The minimum atomic E-state index is 0.352. The highest BCUT2D eigenvalue weighted by Crippen LogP contribution is 2.16. The zero-order valence-corrected chi connectivity index (χ0v) is 7.43. The third-order valence-electron chi connectivity index (χ3n) is 2.21. The molecule has 0 aromatic carbocycles. The van der Waals surface area contributed by atoms with Gasteiger partial charge in [0.05, 0.1) is 0 Å². The van der Waals surface area contributed by atoms with Crippen LogP contribution in [-0.4, -0.2) is 11.7 Å². The van der Waals surface area contributed by atoms with E-state index in [0.717, 1.165) is 18.3 Å². The van der Waals surface area contributed by atoms with Crippen LogP contribution < -0.4 is 0 Å². The second-order valence-electron chi connectivity index (χ2n) is 3.44. The van der Waals surface area contributed by atoms with E-state index in [4.69, 9.17) is 5.11 Å². The van der Waals surface area contributed by atoms with Crippen molar-refractivity contribution >= 4 is 0 Å². The van der Waals surface area contributed by atoms with Gasteiger partial charge < -0.3 is 5.11 Å². The SMILES string of the molecule is CC(C)[C@H](C)CCCCO. The molecule has 0 saturated carbocycles. The maximum absolute atomic E-state index is 8.52. The van der Waals surface area contributed by atoms with Gasteiger partial charge in [-0.05, 0) is 18.3 Å². The van der Waals surface area contributed by atoms with Crippen LogP contribution in [0, 0.1) is 11.8 Å². The fourth-order valence-electron chi connectivity index (χ4n) is 0.911. The van der Waals surface area contributed by atoms with E-state index in [1.165, 1.54) is 12.8 Å². The molecular formula is C9H20O. The van der Waals surface area contributed by atoms with Crippen molar-refractivity contribution in [3.63, 3.8) is 0 Å². The molecule has 0 aromatic rings. The summed E-state index contributed by atoms with van der Waals surface area (Å²) in [5.41, 5.74) is 0. The Kier molecular flexibility index (Phi) is 5.70. The van der Waals surface area contributed by atoms with Crippen LogP contribution >= 0.6 is 0 Å². The second kappa shape index (κ2) is 5.72. The molecule has 0 radical (unpaired) electrons. The van der Waals surface area contributed by atoms with E-state index in [1.807, 2.05) is 0 Å². The van der Waals surface area contributed by atoms with Gasteiger partial charge >= 0.3 is 0 Å². The number of aliphatic hydroxyl groups excluding tert-OH is 1. The minimum Gasteiger partial charge on any atom is -0.396 e. The molecule has 1 N–H and O–H groups in total. The average molecular weight is 144 g/mol. The van der Waals surface area contributed by atoms with E-state index in [2.05, 4.69) is 20.8 Å². The molecule has 1 nitrogen and oxygen atoms in total. The van der Waals surface area contributed by atoms with Crippen molar-refractivity contribution in [1.82, 2.24) is 0 Å². The lowest BCUT2D eigenvalue weighted by Crippen LogP contribution is -2.03. The van der Waals surface area contributed by atoms with Crippen LogP contribution in [0.5, 0.6) is 0 Å². The van der Waals surface area contributed by atoms with Crippen LogP contribution in [0.2, 0.25) is 0 Å². The Bertz CT molecular complexity index is 69.1. The molecule has 0 aliphatic heterocycles. The summed E-state index contributed by atoms with van der Waals surface area (Å²) in [5.74, 6) is 1.60. The smallest absolute Gasteiger partial charge is 0.0431 e. The highest BCUT2D eigenvalue weighted by molar-refractivity contribution is 4.56. The van der Waals surface area contributed by atoms with Crippen LogP contribution in [0.3, 0.4) is 0 Å². The van der Waals surface area contributed by atoms with Gasteiger partial charge in [-0.15, -0.1) is 0 Å². The lowest BCUT2D eigenvalue weighted by atomic mass is 9.93. The van der Waals surface area contributed by atoms with Crippen molar-refractivity contribution in [3.05, 3.63) is 0 Å². The van der Waals surface area contributed by atoms with E-state index < -0.39 is 0 Å². The number of unbranched alkanes of at least 4 members (excludes halogenated alkanes) is 1. The molecule has 10 heavy (non-hydrogen) atoms. The van der Waals surface area contributed by atoms with Gasteiger partial charge in [0, 0.05) is 6.61 Å². The number of rotatable bonds is 5. The molecular weight excluding hydrogens is 124 g/mol. The number of hydrogen-bond donors (Lipinski definition) is 1. The molecule has 0 saturated heterocycles. The average Bonchev–Trinajstić information content (AvgIpc) is 1.88. The van der Waals surface area contributed by atoms with E-state index in [-0.39, 0.29) is 0 Å². The largest absolute Gasteiger partial charge is 0.396 e. The zero-order valence-electron chi connectivity index (χ0n) is 7.43. The van der Waals surface area contributed by atoms with Crippen molar-refractivity contribution in [3.8, 4) is 0 Å². The highest BCUT2D eigenvalue weighted by Gasteiger charge is 2.05. The van der Waals surface area contributed by atoms with Crippen LogP contribution in [0.1, 0.15) is 40.0 Å². The summed E-state index contributed by atoms with van der Waals surface area (Å²) >= 11 is 0. The van der Waals surface area contributed by atoms with Crippen molar-refractivity contribution in [2.45, 2.75) is 40.0 Å². The first kappa shape index (κ1) is 9.96. The molecule has 0 fully saturated rings. The molecule has 0 rings (SSSR count). The van der Waals surface area contributed by atoms with Gasteiger partial charge in [0.2, 0.25) is 0 Å². The number of hydrogen-bond acceptors (Lipinski definition) is 1. The Hall–Kier alpha value is -0.0400. The molecule has 62 valence electrons. The molecule has 1 heteroatoms. The van der Waals surface area contributed by atoms with Gasteiger partial charge in [-0.1, -0.05) is 33.6 Å². The van der Waals surface area contributed by atoms with E-state index >= 15 is 0 Å². The van der Waals surface area contributed by atoms with Crippen LogP contribution in [0.4, 0.5) is 0 Å². The maximum atomic E-state index is 8.52. The topological polar surface area (TPSA) is 20.2 Å². The molecule has 0 bridgehead atoms. The van der Waals surface area contributed by atoms with Crippen molar-refractivity contribution in [2.24, 2.45) is 11.8 Å². The van der Waals surface area contributed by atoms with Crippen molar-refractivity contribution in [2.75, 3.05) is 6.61 Å². The van der Waals surface area contributed by atoms with Crippen LogP contribution in [-0.2, 0) is 0 Å². The van der Waals surface area contributed by atoms with E-state index in [1.54, 1.807) is 0 Å². The monoisotopic (exact) mass is 144 g/mol. The summed E-state index contributed by atoms with van der Waals surface area (Å²) in [5, 5.41) is 8.52. The second-order valence-corrected chi connectivity index (χ2v) is 3.44. The van der Waals surface area contributed by atoms with Gasteiger partial charge in [-0.25, -0.2) is 0 Å². The summed E-state index contributed by atoms with van der Waals surface area (Å²) in [6, 6.07) is 0. The number of aliphatic hydroxyl groups is 1. The Balaban J connectivity index is 3.13. The minimum absolute atomic E-state index is 0.352. The van der Waals surface area contributed by atoms with E-state index in [9.17, 15) is 0 Å². The Labute approximate surface area is 64.5 Å². The van der Waals surface area contributed by atoms with Crippen molar-refractivity contribution < 1.29 is 5.11 Å². The first-order valence-electron chi connectivity index (χ1n) is 4.29. The van der Waals surface area contributed by atoms with Gasteiger partial charge in [0.25, 0.3) is 0 Å². The molecule has 0 aromatic heterocycles. The summed E-state index contributed by atoms with van der Waals surface area (Å²) in [7, 11) is 0. The Morgan fingerprint density at radius 2 is 1.70 bits per heavy atom. The zero-order chi connectivity index (χ0) is 7.98. The quantitative estimate of drug-likeness (QED) is 0.588. The van der Waals surface area contributed by atoms with Crippen molar-refractivity contribution in [1.29, 1.82) is 0 Å². The third-order valence-corrected chi connectivity index (χ3v) is 2.21. The Morgan fingerprint density at radius 3 is 2.10 bits per heavy atom. The predicted octanol–water partition coefficient (Wildman–Crippen LogP) is 2.44. The molecule has 0 heterocycles. The predicted molar refractivity (Wildman–Crippen MR) is 44.9 cm³/mol. The van der Waals surface area contributed by atoms with Gasteiger partial charge in [0.15, 0.2) is 0 Å². The molecule has 0 spiro atoms. The standard InChI is InChI=1S/C9H20O/c1-8(2)9(3)6-4-5-7-10/h8-10H,4-7H2,1-3H3/t9-/m1/s1. The summed E-state index contributed by atoms with van der Waals surface area (Å²) in [6.45, 7) is 7.14. The normalized spacial score (nSPS) is 14.1. The first-order valence-corrected chi connectivity index (χ1v) is 4.29. The molecule has 0 aliphatic rings. The van der Waals surface area contributed by atoms with Gasteiger partial charge in [0.1, 0.15) is 0 Å². The van der Waals surface area contributed by atoms with Crippen LogP contribution in [0.25, 0.3) is 0 Å². The summed E-state index contributed by atoms with van der Waals surface area (Å²) in [4.78, 5) is 0. The molecule has 0 aliphatic carbocycles. The third kappa shape index (κ3) is 4.80. The Morgan fingerprint density at radius 1 is 1.10 bits per heavy atom. The van der Waals surface area contributed by atoms with Gasteiger partial charge in [-0.2, -0.15) is 0 Å². The fraction of sp³-hybridized carbons (Fsp3) is 1.00. The molecule has 1 atom stereocenters. The van der Waals surface area contributed by atoms with Crippen LogP contribution in [0.15, 0.2) is 0 Å². The maximum Gasteiger partial charge on any atom is 0.0431 e. The summed E-state index contributed by atoms with van der Waals surface area (Å²) < 4.78 is 0. The lowest BCUT2D eigenvalue weighted by Gasteiger charge is -2.14. The van der Waals surface area contributed by atoms with E-state index in [0.29, 0.717) is 6.61 Å².